The summed E-state index contributed by atoms with van der Waals surface area (Å²) in [5, 5.41) is 9.44. The average Bonchev–Trinajstić information content (AvgIpc) is 3.98. The van der Waals surface area contributed by atoms with E-state index in [0.29, 0.717) is 0 Å². The van der Waals surface area contributed by atoms with Crippen molar-refractivity contribution in [3.63, 3.8) is 0 Å². The lowest BCUT2D eigenvalue weighted by Crippen LogP contribution is -2.10. The van der Waals surface area contributed by atoms with Crippen molar-refractivity contribution < 1.29 is 8.83 Å². The Balaban J connectivity index is 1.06. The summed E-state index contributed by atoms with van der Waals surface area (Å²) in [7, 11) is 0. The number of hydrogen-bond acceptors (Lipinski definition) is 5. The van der Waals surface area contributed by atoms with E-state index < -0.39 is 0 Å². The van der Waals surface area contributed by atoms with E-state index in [4.69, 9.17) is 8.83 Å². The van der Waals surface area contributed by atoms with Gasteiger partial charge in [-0.05, 0) is 60.2 Å². The smallest absolute Gasteiger partial charge is 0.147 e. The van der Waals surface area contributed by atoms with Crippen LogP contribution in [0.3, 0.4) is 0 Å². The third kappa shape index (κ3) is 4.20. The van der Waals surface area contributed by atoms with Gasteiger partial charge in [0.05, 0.1) is 26.2 Å². The van der Waals surface area contributed by atoms with E-state index >= 15 is 0 Å². The predicted molar refractivity (Wildman–Crippen MR) is 227 cm³/mol. The SMILES string of the molecule is c1ccc2c(c1)oc1ccc3c4cccc(-c5ccc(N(c6cccc7c6sc6ccccc67)c6cccc7c6sc6ccccc67)cc5)c4oc3c12. The molecule has 0 amide bonds. The molecule has 4 aromatic heterocycles. The van der Waals surface area contributed by atoms with Gasteiger partial charge in [-0.3, -0.25) is 0 Å². The average molecular weight is 714 g/mol. The Bertz CT molecular complexity index is 3300. The monoisotopic (exact) mass is 713 g/mol. The fraction of sp³-hybridized carbons (Fsp3) is 0. The molecule has 0 bridgehead atoms. The van der Waals surface area contributed by atoms with Crippen LogP contribution in [0.15, 0.2) is 173 Å². The van der Waals surface area contributed by atoms with Gasteiger partial charge in [0.15, 0.2) is 0 Å². The van der Waals surface area contributed by atoms with E-state index in [1.54, 1.807) is 0 Å². The molecule has 3 nitrogen and oxygen atoms in total. The van der Waals surface area contributed by atoms with Gasteiger partial charge in [-0.2, -0.15) is 0 Å². The maximum absolute atomic E-state index is 6.82. The Hall–Kier alpha value is -6.40. The quantitative estimate of drug-likeness (QED) is 0.182. The number of thiophene rings is 2. The molecule has 0 N–H and O–H groups in total. The molecule has 0 aliphatic rings. The number of anilines is 3. The molecule has 0 fully saturated rings. The van der Waals surface area contributed by atoms with Gasteiger partial charge in [-0.25, -0.2) is 0 Å². The molecule has 0 unspecified atom stereocenters. The molecule has 0 aliphatic carbocycles. The summed E-state index contributed by atoms with van der Waals surface area (Å²) in [4.78, 5) is 2.46. The molecule has 0 saturated heterocycles. The van der Waals surface area contributed by atoms with Crippen LogP contribution in [0.2, 0.25) is 0 Å². The van der Waals surface area contributed by atoms with Crippen molar-refractivity contribution in [3.05, 3.63) is 164 Å². The first-order valence-electron chi connectivity index (χ1n) is 17.7. The van der Waals surface area contributed by atoms with Gasteiger partial charge >= 0.3 is 0 Å². The van der Waals surface area contributed by atoms with E-state index in [1.807, 2.05) is 34.8 Å². The highest BCUT2D eigenvalue weighted by Gasteiger charge is 2.22. The van der Waals surface area contributed by atoms with Crippen molar-refractivity contribution in [2.24, 2.45) is 0 Å². The lowest BCUT2D eigenvalue weighted by atomic mass is 10.0. The van der Waals surface area contributed by atoms with Crippen LogP contribution in [0, 0.1) is 0 Å². The van der Waals surface area contributed by atoms with Crippen molar-refractivity contribution in [2.45, 2.75) is 0 Å². The fourth-order valence-corrected chi connectivity index (χ4v) is 10.7. The van der Waals surface area contributed by atoms with Crippen molar-refractivity contribution >= 4 is 124 Å². The van der Waals surface area contributed by atoms with Gasteiger partial charge < -0.3 is 13.7 Å². The molecule has 12 rings (SSSR count). The van der Waals surface area contributed by atoms with Gasteiger partial charge in [0.25, 0.3) is 0 Å². The third-order valence-electron chi connectivity index (χ3n) is 10.7. The maximum Gasteiger partial charge on any atom is 0.147 e. The number of hydrogen-bond donors (Lipinski definition) is 0. The van der Waals surface area contributed by atoms with Crippen LogP contribution in [0.25, 0.3) is 95.3 Å². The van der Waals surface area contributed by atoms with Crippen LogP contribution in [-0.2, 0) is 0 Å². The minimum absolute atomic E-state index is 0.839. The largest absolute Gasteiger partial charge is 0.456 e. The summed E-state index contributed by atoms with van der Waals surface area (Å²) in [6.07, 6.45) is 0. The van der Waals surface area contributed by atoms with E-state index in [0.717, 1.165) is 60.7 Å². The number of rotatable bonds is 4. The Kier molecular flexibility index (Phi) is 6.09. The Morgan fingerprint density at radius 1 is 0.377 bits per heavy atom. The summed E-state index contributed by atoms with van der Waals surface area (Å²) in [6, 6.07) is 58.8. The van der Waals surface area contributed by atoms with E-state index in [1.165, 1.54) is 51.7 Å². The Morgan fingerprint density at radius 2 is 0.943 bits per heavy atom. The molecule has 4 heterocycles. The molecule has 8 aromatic carbocycles. The second-order valence-corrected chi connectivity index (χ2v) is 15.7. The first-order chi connectivity index (χ1) is 26.3. The minimum Gasteiger partial charge on any atom is -0.456 e. The van der Waals surface area contributed by atoms with E-state index in [9.17, 15) is 0 Å². The minimum atomic E-state index is 0.839. The molecule has 12 aromatic rings. The zero-order valence-electron chi connectivity index (χ0n) is 28.2. The number of fused-ring (bicyclic) bond motifs is 13. The Morgan fingerprint density at radius 3 is 1.64 bits per heavy atom. The number of furan rings is 2. The Labute approximate surface area is 311 Å². The van der Waals surface area contributed by atoms with Crippen molar-refractivity contribution in [2.75, 3.05) is 4.90 Å². The third-order valence-corrected chi connectivity index (χ3v) is 13.1. The number of nitrogens with zero attached hydrogens (tertiary/aromatic N) is 1. The van der Waals surface area contributed by atoms with Crippen molar-refractivity contribution in [1.82, 2.24) is 0 Å². The highest BCUT2D eigenvalue weighted by molar-refractivity contribution is 7.27. The zero-order valence-corrected chi connectivity index (χ0v) is 29.8. The molecule has 53 heavy (non-hydrogen) atoms. The molecule has 0 atom stereocenters. The molecule has 5 heteroatoms. The van der Waals surface area contributed by atoms with Gasteiger partial charge in [0.1, 0.15) is 22.3 Å². The molecule has 0 radical (unpaired) electrons. The van der Waals surface area contributed by atoms with Crippen LogP contribution in [0.1, 0.15) is 0 Å². The topological polar surface area (TPSA) is 29.5 Å². The first kappa shape index (κ1) is 29.2. The molecular formula is C48H27NO2S2. The van der Waals surface area contributed by atoms with Crippen LogP contribution < -0.4 is 4.90 Å². The normalized spacial score (nSPS) is 12.2. The molecule has 0 aliphatic heterocycles. The fourth-order valence-electron chi connectivity index (χ4n) is 8.31. The molecular weight excluding hydrogens is 687 g/mol. The predicted octanol–water partition coefficient (Wildman–Crippen LogP) is 15.4. The lowest BCUT2D eigenvalue weighted by Gasteiger charge is -2.27. The maximum atomic E-state index is 6.82. The molecule has 0 saturated carbocycles. The lowest BCUT2D eigenvalue weighted by molar-refractivity contribution is 0.663. The first-order valence-corrected chi connectivity index (χ1v) is 19.4. The highest BCUT2D eigenvalue weighted by atomic mass is 32.1. The number of para-hydroxylation sites is 2. The summed E-state index contributed by atoms with van der Waals surface area (Å²) in [6.45, 7) is 0. The van der Waals surface area contributed by atoms with Crippen molar-refractivity contribution in [3.8, 4) is 11.1 Å². The summed E-state index contributed by atoms with van der Waals surface area (Å²) < 4.78 is 18.2. The van der Waals surface area contributed by atoms with Crippen LogP contribution in [0.4, 0.5) is 17.1 Å². The number of benzene rings is 8. The van der Waals surface area contributed by atoms with Gasteiger partial charge in [-0.1, -0.05) is 109 Å². The summed E-state index contributed by atoms with van der Waals surface area (Å²) in [5.74, 6) is 0. The van der Waals surface area contributed by atoms with E-state index in [-0.39, 0.29) is 0 Å². The van der Waals surface area contributed by atoms with Crippen LogP contribution in [0.5, 0.6) is 0 Å². The van der Waals surface area contributed by atoms with Crippen molar-refractivity contribution in [1.29, 1.82) is 0 Å². The standard InChI is InChI=1S/C48H27NO2S2/c1-4-19-40-37(12-1)44-41(50-40)27-26-34-33-14-7-13-30(45(33)51-46(34)44)28-22-24-29(25-23-28)49(38-17-8-15-35-31-10-2-5-20-42(31)52-47(35)38)39-18-9-16-36-32-11-3-6-21-43(32)53-48(36)39/h1-27H. The zero-order chi connectivity index (χ0) is 34.6. The van der Waals surface area contributed by atoms with Gasteiger partial charge in [0, 0.05) is 58.4 Å². The summed E-state index contributed by atoms with van der Waals surface area (Å²) in [5.41, 5.74) is 9.09. The van der Waals surface area contributed by atoms with Crippen LogP contribution in [-0.4, -0.2) is 0 Å². The second-order valence-electron chi connectivity index (χ2n) is 13.6. The molecule has 248 valence electrons. The summed E-state index contributed by atoms with van der Waals surface area (Å²) >= 11 is 3.73. The second kappa shape index (κ2) is 11.1. The van der Waals surface area contributed by atoms with Gasteiger partial charge in [-0.15, -0.1) is 22.7 Å². The molecule has 0 spiro atoms. The van der Waals surface area contributed by atoms with E-state index in [2.05, 4.69) is 157 Å². The van der Waals surface area contributed by atoms with Crippen LogP contribution >= 0.6 is 22.7 Å². The van der Waals surface area contributed by atoms with Gasteiger partial charge in [0.2, 0.25) is 0 Å². The highest BCUT2D eigenvalue weighted by Crippen LogP contribution is 2.49.